The molecule has 2 unspecified atom stereocenters. The van der Waals surface area contributed by atoms with E-state index in [2.05, 4.69) is 21.1 Å². The maximum atomic E-state index is 12.8. The molecule has 134 valence electrons. The summed E-state index contributed by atoms with van der Waals surface area (Å²) in [6.45, 7) is 3.97. The van der Waals surface area contributed by atoms with Crippen molar-refractivity contribution in [2.24, 2.45) is 17.0 Å². The minimum atomic E-state index is -0.104. The predicted octanol–water partition coefficient (Wildman–Crippen LogP) is 5.12. The van der Waals surface area contributed by atoms with Crippen LogP contribution in [0.3, 0.4) is 0 Å². The van der Waals surface area contributed by atoms with E-state index in [4.69, 9.17) is 4.84 Å². The van der Waals surface area contributed by atoms with Crippen molar-refractivity contribution in [3.63, 3.8) is 0 Å². The topological polar surface area (TPSA) is 58.9 Å². The van der Waals surface area contributed by atoms with E-state index in [-0.39, 0.29) is 23.4 Å². The number of allylic oxidation sites excluding steroid dienone is 2. The van der Waals surface area contributed by atoms with Crippen LogP contribution in [-0.4, -0.2) is 23.7 Å². The van der Waals surface area contributed by atoms with Crippen molar-refractivity contribution in [3.05, 3.63) is 39.1 Å². The average Bonchev–Trinajstić information content (AvgIpc) is 2.83. The molecule has 4 nitrogen and oxygen atoms in total. The summed E-state index contributed by atoms with van der Waals surface area (Å²) in [5.74, 6) is 0.460. The van der Waals surface area contributed by atoms with Crippen LogP contribution in [0.25, 0.3) is 5.57 Å². The number of aliphatic hydroxyl groups excluding tert-OH is 1. The quantitative estimate of drug-likeness (QED) is 0.710. The fourth-order valence-electron chi connectivity index (χ4n) is 4.32. The molecule has 0 amide bonds. The van der Waals surface area contributed by atoms with E-state index < -0.39 is 0 Å². The third-order valence-electron chi connectivity index (χ3n) is 5.37. The van der Waals surface area contributed by atoms with Crippen LogP contribution >= 0.6 is 15.9 Å². The first-order chi connectivity index (χ1) is 11.9. The molecule has 0 saturated heterocycles. The monoisotopic (exact) mass is 405 g/mol. The molecule has 5 heteroatoms. The molecular formula is C20H24BrNO3. The lowest BCUT2D eigenvalue weighted by Gasteiger charge is -2.27. The van der Waals surface area contributed by atoms with E-state index >= 15 is 0 Å². The second kappa shape index (κ2) is 7.32. The van der Waals surface area contributed by atoms with E-state index in [0.717, 1.165) is 52.6 Å². The minimum Gasteiger partial charge on any atom is -0.511 e. The van der Waals surface area contributed by atoms with Crippen molar-refractivity contribution in [1.29, 1.82) is 0 Å². The summed E-state index contributed by atoms with van der Waals surface area (Å²) in [7, 11) is 1.56. The number of oxime groups is 1. The molecule has 1 aromatic carbocycles. The van der Waals surface area contributed by atoms with Crippen LogP contribution in [0.4, 0.5) is 0 Å². The second-order valence-electron chi connectivity index (χ2n) is 7.11. The van der Waals surface area contributed by atoms with Gasteiger partial charge in [-0.15, -0.1) is 0 Å². The van der Waals surface area contributed by atoms with E-state index in [1.807, 2.05) is 26.0 Å². The van der Waals surface area contributed by atoms with Crippen LogP contribution in [0.1, 0.15) is 48.8 Å². The molecule has 0 aromatic heterocycles. The molecule has 0 bridgehead atoms. The van der Waals surface area contributed by atoms with Gasteiger partial charge < -0.3 is 9.94 Å². The Balaban J connectivity index is 1.96. The standard InChI is InChI=1S/C20H24BrNO3/c1-11-7-14(21)8-12(2)18(11)19-17(23)10-16(20(19)24)13-5-4-6-15(9-13)22-25-3/h7-8,13,16,24H,4-6,9-10H2,1-3H3. The fourth-order valence-corrected chi connectivity index (χ4v) is 5.01. The van der Waals surface area contributed by atoms with E-state index in [1.54, 1.807) is 7.11 Å². The molecule has 25 heavy (non-hydrogen) atoms. The Kier molecular flexibility index (Phi) is 5.32. The van der Waals surface area contributed by atoms with E-state index in [9.17, 15) is 9.90 Å². The summed E-state index contributed by atoms with van der Waals surface area (Å²) in [6, 6.07) is 3.99. The van der Waals surface area contributed by atoms with Crippen molar-refractivity contribution in [2.45, 2.75) is 46.0 Å². The predicted molar refractivity (Wildman–Crippen MR) is 103 cm³/mol. The molecule has 0 aliphatic heterocycles. The zero-order valence-corrected chi connectivity index (χ0v) is 16.5. The van der Waals surface area contributed by atoms with Gasteiger partial charge in [0.25, 0.3) is 0 Å². The number of hydrogen-bond acceptors (Lipinski definition) is 4. The summed E-state index contributed by atoms with van der Waals surface area (Å²) in [5.41, 5.74) is 4.45. The van der Waals surface area contributed by atoms with Gasteiger partial charge in [0.1, 0.15) is 12.9 Å². The molecule has 2 aliphatic carbocycles. The highest BCUT2D eigenvalue weighted by molar-refractivity contribution is 9.10. The molecule has 2 aliphatic rings. The van der Waals surface area contributed by atoms with Gasteiger partial charge in [-0.2, -0.15) is 0 Å². The number of carbonyl (C=O) groups excluding carboxylic acids is 1. The van der Waals surface area contributed by atoms with Gasteiger partial charge in [-0.1, -0.05) is 21.1 Å². The number of ketones is 1. The number of aryl methyl sites for hydroxylation is 2. The zero-order chi connectivity index (χ0) is 18.1. The molecule has 0 heterocycles. The van der Waals surface area contributed by atoms with Crippen LogP contribution in [-0.2, 0) is 9.63 Å². The highest BCUT2D eigenvalue weighted by atomic mass is 79.9. The van der Waals surface area contributed by atoms with Gasteiger partial charge in [0.05, 0.1) is 11.3 Å². The summed E-state index contributed by atoms with van der Waals surface area (Å²) >= 11 is 3.49. The summed E-state index contributed by atoms with van der Waals surface area (Å²) in [5, 5.41) is 15.0. The van der Waals surface area contributed by atoms with Gasteiger partial charge in [-0.25, -0.2) is 0 Å². The number of aliphatic hydroxyl groups is 1. The van der Waals surface area contributed by atoms with Gasteiger partial charge in [0.15, 0.2) is 5.78 Å². The minimum absolute atomic E-state index is 0.0480. The summed E-state index contributed by atoms with van der Waals surface area (Å²) in [4.78, 5) is 17.7. The molecule has 1 aromatic rings. The van der Waals surface area contributed by atoms with Crippen molar-refractivity contribution in [3.8, 4) is 0 Å². The smallest absolute Gasteiger partial charge is 0.167 e. The Hall–Kier alpha value is -1.62. The lowest BCUT2D eigenvalue weighted by molar-refractivity contribution is -0.114. The van der Waals surface area contributed by atoms with Gasteiger partial charge in [0.2, 0.25) is 0 Å². The highest BCUT2D eigenvalue weighted by Crippen LogP contribution is 2.44. The Bertz CT molecular complexity index is 743. The van der Waals surface area contributed by atoms with Crippen molar-refractivity contribution < 1.29 is 14.7 Å². The molecule has 0 spiro atoms. The number of rotatable bonds is 3. The van der Waals surface area contributed by atoms with Crippen molar-refractivity contribution in [2.75, 3.05) is 7.11 Å². The van der Waals surface area contributed by atoms with Crippen LogP contribution in [0, 0.1) is 25.7 Å². The fraction of sp³-hybridized carbons (Fsp3) is 0.500. The lowest BCUT2D eigenvalue weighted by Crippen LogP contribution is -2.23. The normalized spacial score (nSPS) is 25.8. The maximum Gasteiger partial charge on any atom is 0.167 e. The second-order valence-corrected chi connectivity index (χ2v) is 8.02. The van der Waals surface area contributed by atoms with Crippen molar-refractivity contribution in [1.82, 2.24) is 0 Å². The maximum absolute atomic E-state index is 12.8. The molecule has 1 fully saturated rings. The molecular weight excluding hydrogens is 382 g/mol. The Morgan fingerprint density at radius 3 is 2.56 bits per heavy atom. The number of hydrogen-bond donors (Lipinski definition) is 1. The van der Waals surface area contributed by atoms with Gasteiger partial charge in [-0.05, 0) is 74.3 Å². The third kappa shape index (κ3) is 3.52. The van der Waals surface area contributed by atoms with E-state index in [0.29, 0.717) is 12.0 Å². The Morgan fingerprint density at radius 2 is 1.92 bits per heavy atom. The van der Waals surface area contributed by atoms with Gasteiger partial charge in [0, 0.05) is 16.8 Å². The first kappa shape index (κ1) is 18.2. The number of carbonyl (C=O) groups is 1. The number of benzene rings is 1. The number of Topliss-reactive ketones (excluding diaryl/α,β-unsaturated/α-hetero) is 1. The molecule has 3 rings (SSSR count). The molecule has 2 atom stereocenters. The van der Waals surface area contributed by atoms with Gasteiger partial charge >= 0.3 is 0 Å². The Labute approximate surface area is 157 Å². The van der Waals surface area contributed by atoms with Crippen molar-refractivity contribution >= 4 is 33.0 Å². The first-order valence-corrected chi connectivity index (χ1v) is 9.54. The highest BCUT2D eigenvalue weighted by Gasteiger charge is 2.40. The summed E-state index contributed by atoms with van der Waals surface area (Å²) < 4.78 is 0.987. The number of nitrogens with zero attached hydrogens (tertiary/aromatic N) is 1. The SMILES string of the molecule is CON=C1CCCC(C2CC(=O)C(c3c(C)cc(Br)cc3C)=C2O)C1. The van der Waals surface area contributed by atoms with Gasteiger partial charge in [-0.3, -0.25) is 4.79 Å². The third-order valence-corrected chi connectivity index (χ3v) is 5.82. The largest absolute Gasteiger partial charge is 0.511 e. The summed E-state index contributed by atoms with van der Waals surface area (Å²) in [6.07, 6.45) is 4.16. The zero-order valence-electron chi connectivity index (χ0n) is 14.9. The van der Waals surface area contributed by atoms with Crippen LogP contribution in [0.15, 0.2) is 27.5 Å². The van der Waals surface area contributed by atoms with Crippen LogP contribution in [0.2, 0.25) is 0 Å². The van der Waals surface area contributed by atoms with Crippen LogP contribution < -0.4 is 0 Å². The lowest BCUT2D eigenvalue weighted by atomic mass is 9.78. The first-order valence-electron chi connectivity index (χ1n) is 8.74. The average molecular weight is 406 g/mol. The molecule has 0 radical (unpaired) electrons. The van der Waals surface area contributed by atoms with Crippen LogP contribution in [0.5, 0.6) is 0 Å². The molecule has 1 saturated carbocycles. The Morgan fingerprint density at radius 1 is 1.24 bits per heavy atom. The van der Waals surface area contributed by atoms with E-state index in [1.165, 1.54) is 0 Å². The molecule has 1 N–H and O–H groups in total. The number of halogens is 1.